The summed E-state index contributed by atoms with van der Waals surface area (Å²) in [6.07, 6.45) is 61.7. The van der Waals surface area contributed by atoms with Crippen molar-refractivity contribution in [2.75, 3.05) is 13.2 Å². The van der Waals surface area contributed by atoms with Crippen molar-refractivity contribution in [3.63, 3.8) is 0 Å². The van der Waals surface area contributed by atoms with Gasteiger partial charge in [-0.1, -0.05) is 190 Å². The number of unbranched alkanes of at least 4 members (excludes halogenated alkanes) is 22. The van der Waals surface area contributed by atoms with Crippen LogP contribution in [0.1, 0.15) is 239 Å². The Morgan fingerprint density at radius 3 is 1.07 bits per heavy atom. The minimum Gasteiger partial charge on any atom is -0.462 e. The van der Waals surface area contributed by atoms with E-state index in [1.54, 1.807) is 0 Å². The minimum absolute atomic E-state index is 0.0896. The predicted molar refractivity (Wildman–Crippen MR) is 261 cm³/mol. The number of hydrogen-bond acceptors (Lipinski definition) is 6. The van der Waals surface area contributed by atoms with Crippen molar-refractivity contribution >= 4 is 17.9 Å². The maximum atomic E-state index is 12.8. The van der Waals surface area contributed by atoms with Crippen LogP contribution in [0.2, 0.25) is 0 Å². The first kappa shape index (κ1) is 57.9. The molecule has 0 bridgehead atoms. The molecule has 0 aromatic rings. The molecular weight excluding hydrogens is 757 g/mol. The molecule has 0 saturated heterocycles. The van der Waals surface area contributed by atoms with E-state index in [4.69, 9.17) is 14.2 Å². The van der Waals surface area contributed by atoms with E-state index >= 15 is 0 Å². The largest absolute Gasteiger partial charge is 0.462 e. The summed E-state index contributed by atoms with van der Waals surface area (Å²) in [7, 11) is 0. The molecule has 6 nitrogen and oxygen atoms in total. The van der Waals surface area contributed by atoms with E-state index in [9.17, 15) is 14.4 Å². The average molecular weight is 851 g/mol. The highest BCUT2D eigenvalue weighted by atomic mass is 16.6. The van der Waals surface area contributed by atoms with E-state index in [0.717, 1.165) is 116 Å². The van der Waals surface area contributed by atoms with Crippen molar-refractivity contribution < 1.29 is 28.6 Å². The molecule has 0 fully saturated rings. The molecule has 0 heterocycles. The third kappa shape index (κ3) is 47.7. The second-order valence-electron chi connectivity index (χ2n) is 16.7. The first-order chi connectivity index (χ1) is 30.0. The monoisotopic (exact) mass is 851 g/mol. The van der Waals surface area contributed by atoms with Crippen molar-refractivity contribution in [2.24, 2.45) is 0 Å². The summed E-state index contributed by atoms with van der Waals surface area (Å²) in [6.45, 7) is 6.43. The summed E-state index contributed by atoms with van der Waals surface area (Å²) < 4.78 is 16.8. The Hall–Kier alpha value is -3.15. The number of hydrogen-bond donors (Lipinski definition) is 0. The average Bonchev–Trinajstić information content (AvgIpc) is 3.26. The van der Waals surface area contributed by atoms with Gasteiger partial charge in [-0.2, -0.15) is 0 Å². The van der Waals surface area contributed by atoms with Crippen molar-refractivity contribution in [1.29, 1.82) is 0 Å². The fourth-order valence-corrected chi connectivity index (χ4v) is 6.82. The molecule has 0 aliphatic carbocycles. The molecule has 1 atom stereocenters. The summed E-state index contributed by atoms with van der Waals surface area (Å²) in [6, 6.07) is 0. The lowest BCUT2D eigenvalue weighted by Gasteiger charge is -2.18. The molecule has 0 rings (SSSR count). The molecule has 6 heteroatoms. The Balaban J connectivity index is 4.41. The van der Waals surface area contributed by atoms with Gasteiger partial charge in [0.05, 0.1) is 0 Å². The number of carbonyl (C=O) groups excluding carboxylic acids is 3. The Morgan fingerprint density at radius 1 is 0.344 bits per heavy atom. The molecular formula is C55H94O6. The Labute approximate surface area is 376 Å². The minimum atomic E-state index is -0.790. The van der Waals surface area contributed by atoms with Gasteiger partial charge in [-0.05, 0) is 103 Å². The molecule has 0 spiro atoms. The van der Waals surface area contributed by atoms with Crippen molar-refractivity contribution in [3.05, 3.63) is 72.9 Å². The zero-order valence-electron chi connectivity index (χ0n) is 39.9. The van der Waals surface area contributed by atoms with E-state index < -0.39 is 6.10 Å². The fourth-order valence-electron chi connectivity index (χ4n) is 6.82. The molecule has 0 aromatic heterocycles. The van der Waals surface area contributed by atoms with Gasteiger partial charge >= 0.3 is 17.9 Å². The quantitative estimate of drug-likeness (QED) is 0.0263. The zero-order chi connectivity index (χ0) is 44.4. The van der Waals surface area contributed by atoms with Gasteiger partial charge in [0, 0.05) is 19.3 Å². The molecule has 350 valence electrons. The van der Waals surface area contributed by atoms with Crippen LogP contribution < -0.4 is 0 Å². The van der Waals surface area contributed by atoms with Gasteiger partial charge in [-0.3, -0.25) is 14.4 Å². The molecule has 1 unspecified atom stereocenters. The van der Waals surface area contributed by atoms with Crippen LogP contribution in [0.15, 0.2) is 72.9 Å². The predicted octanol–water partition coefficient (Wildman–Crippen LogP) is 16.6. The van der Waals surface area contributed by atoms with Gasteiger partial charge in [0.25, 0.3) is 0 Å². The molecule has 61 heavy (non-hydrogen) atoms. The Bertz CT molecular complexity index is 1160. The number of ether oxygens (including phenoxy) is 3. The molecule has 0 radical (unpaired) electrons. The van der Waals surface area contributed by atoms with Crippen molar-refractivity contribution in [2.45, 2.75) is 245 Å². The summed E-state index contributed by atoms with van der Waals surface area (Å²) in [5.41, 5.74) is 0. The van der Waals surface area contributed by atoms with E-state index in [-0.39, 0.29) is 31.1 Å². The van der Waals surface area contributed by atoms with Gasteiger partial charge in [-0.25, -0.2) is 0 Å². The van der Waals surface area contributed by atoms with Gasteiger partial charge < -0.3 is 14.2 Å². The maximum Gasteiger partial charge on any atom is 0.306 e. The summed E-state index contributed by atoms with van der Waals surface area (Å²) in [4.78, 5) is 37.9. The number of carbonyl (C=O) groups is 3. The van der Waals surface area contributed by atoms with Crippen LogP contribution in [0, 0.1) is 0 Å². The first-order valence-corrected chi connectivity index (χ1v) is 25.4. The third-order valence-corrected chi connectivity index (χ3v) is 10.7. The lowest BCUT2D eigenvalue weighted by atomic mass is 10.1. The van der Waals surface area contributed by atoms with Gasteiger partial charge in [0.1, 0.15) is 13.2 Å². The zero-order valence-corrected chi connectivity index (χ0v) is 39.9. The highest BCUT2D eigenvalue weighted by Crippen LogP contribution is 2.14. The second kappa shape index (κ2) is 49.5. The molecule has 0 amide bonds. The van der Waals surface area contributed by atoms with Gasteiger partial charge in [0.2, 0.25) is 0 Å². The van der Waals surface area contributed by atoms with E-state index in [0.29, 0.717) is 19.3 Å². The molecule has 0 aliphatic heterocycles. The van der Waals surface area contributed by atoms with Gasteiger partial charge in [-0.15, -0.1) is 0 Å². The number of rotatable bonds is 45. The van der Waals surface area contributed by atoms with Crippen molar-refractivity contribution in [1.82, 2.24) is 0 Å². The normalized spacial score (nSPS) is 12.6. The lowest BCUT2D eigenvalue weighted by molar-refractivity contribution is -0.167. The van der Waals surface area contributed by atoms with Crippen LogP contribution in [-0.4, -0.2) is 37.2 Å². The van der Waals surface area contributed by atoms with E-state index in [1.165, 1.54) is 83.5 Å². The summed E-state index contributed by atoms with van der Waals surface area (Å²) >= 11 is 0. The lowest BCUT2D eigenvalue weighted by Crippen LogP contribution is -2.30. The Morgan fingerprint density at radius 2 is 0.656 bits per heavy atom. The van der Waals surface area contributed by atoms with E-state index in [1.807, 2.05) is 0 Å². The molecule has 0 saturated carbocycles. The number of esters is 3. The van der Waals surface area contributed by atoms with Crippen LogP contribution in [0.5, 0.6) is 0 Å². The van der Waals surface area contributed by atoms with Gasteiger partial charge in [0.15, 0.2) is 6.10 Å². The highest BCUT2D eigenvalue weighted by molar-refractivity contribution is 5.71. The van der Waals surface area contributed by atoms with E-state index in [2.05, 4.69) is 93.7 Å². The Kier molecular flexibility index (Phi) is 46.9. The fraction of sp³-hybridized carbons (Fsp3) is 0.727. The maximum absolute atomic E-state index is 12.8. The highest BCUT2D eigenvalue weighted by Gasteiger charge is 2.19. The third-order valence-electron chi connectivity index (χ3n) is 10.7. The molecule has 0 aromatic carbocycles. The smallest absolute Gasteiger partial charge is 0.306 e. The summed E-state index contributed by atoms with van der Waals surface area (Å²) in [5, 5.41) is 0. The van der Waals surface area contributed by atoms with Crippen LogP contribution in [-0.2, 0) is 28.6 Å². The van der Waals surface area contributed by atoms with Crippen LogP contribution in [0.3, 0.4) is 0 Å². The molecule has 0 N–H and O–H groups in total. The topological polar surface area (TPSA) is 78.9 Å². The first-order valence-electron chi connectivity index (χ1n) is 25.4. The summed E-state index contributed by atoms with van der Waals surface area (Å²) in [5.74, 6) is -0.924. The molecule has 0 aliphatic rings. The van der Waals surface area contributed by atoms with Crippen LogP contribution >= 0.6 is 0 Å². The van der Waals surface area contributed by atoms with Crippen LogP contribution in [0.25, 0.3) is 0 Å². The van der Waals surface area contributed by atoms with Crippen molar-refractivity contribution in [3.8, 4) is 0 Å². The van der Waals surface area contributed by atoms with Crippen LogP contribution in [0.4, 0.5) is 0 Å². The number of allylic oxidation sites excluding steroid dienone is 12. The second-order valence-corrected chi connectivity index (χ2v) is 16.7. The standard InChI is InChI=1S/C55H94O6/c1-4-7-10-13-16-19-22-24-26-27-29-30-33-36-39-42-45-48-54(57)60-51-52(50-59-53(56)47-44-41-38-35-32-21-18-15-12-9-6-3)61-55(58)49-46-43-40-37-34-31-28-25-23-20-17-14-11-8-5-2/h8,11,15-20,24-26,28,52H,4-7,9-10,12-14,21-23,27,29-51H2,1-3H3/b11-8-,18-15-,19-16-,20-17-,26-24-,28-25-. The SMILES string of the molecule is CC/C=C\C/C=C\C/C=C\CCCCCCCC(=O)OC(COC(=O)CCCCCCC/C=C\CCCC)COC(=O)CCCCCCCCC/C=C\C/C=C\CCCCC.